The molecule has 0 saturated heterocycles. The second-order valence-corrected chi connectivity index (χ2v) is 4.79. The van der Waals surface area contributed by atoms with Crippen molar-refractivity contribution in [3.8, 4) is 0 Å². The molecule has 16 heavy (non-hydrogen) atoms. The predicted octanol–water partition coefficient (Wildman–Crippen LogP) is 2.09. The van der Waals surface area contributed by atoms with E-state index >= 15 is 0 Å². The Bertz CT molecular complexity index is 334. The van der Waals surface area contributed by atoms with Gasteiger partial charge in [0.15, 0.2) is 11.6 Å². The van der Waals surface area contributed by atoms with Crippen LogP contribution in [0.4, 0.5) is 8.78 Å². The first-order chi connectivity index (χ1) is 7.67. The monoisotopic (exact) mass is 246 g/mol. The first kappa shape index (κ1) is 13.4. The third-order valence-electron chi connectivity index (χ3n) is 2.22. The van der Waals surface area contributed by atoms with E-state index in [2.05, 4.69) is 12.3 Å². The van der Waals surface area contributed by atoms with Crippen LogP contribution < -0.4 is 11.3 Å². The van der Waals surface area contributed by atoms with Crippen molar-refractivity contribution in [2.45, 2.75) is 19.4 Å². The number of nitrogens with two attached hydrogens (primary N) is 1. The second kappa shape index (κ2) is 6.83. The number of halogens is 2. The van der Waals surface area contributed by atoms with E-state index in [9.17, 15) is 8.78 Å². The third kappa shape index (κ3) is 4.08. The molecule has 0 aliphatic heterocycles. The summed E-state index contributed by atoms with van der Waals surface area (Å²) in [7, 11) is 0. The molecule has 0 saturated carbocycles. The minimum Gasteiger partial charge on any atom is -0.271 e. The van der Waals surface area contributed by atoms with Gasteiger partial charge in [-0.25, -0.2) is 8.78 Å². The topological polar surface area (TPSA) is 38.0 Å². The van der Waals surface area contributed by atoms with Gasteiger partial charge in [0, 0.05) is 11.8 Å². The van der Waals surface area contributed by atoms with E-state index in [1.54, 1.807) is 17.8 Å². The summed E-state index contributed by atoms with van der Waals surface area (Å²) in [4.78, 5) is 0. The molecule has 0 spiro atoms. The van der Waals surface area contributed by atoms with Crippen LogP contribution in [0.5, 0.6) is 0 Å². The molecule has 5 heteroatoms. The van der Waals surface area contributed by atoms with E-state index in [4.69, 9.17) is 5.84 Å². The Kier molecular flexibility index (Phi) is 5.73. The Balaban J connectivity index is 2.59. The SMILES string of the molecule is CCSCC(Cc1ccc(F)c(F)c1)NN. The molecule has 0 heterocycles. The first-order valence-corrected chi connectivity index (χ1v) is 6.30. The first-order valence-electron chi connectivity index (χ1n) is 5.15. The van der Waals surface area contributed by atoms with Crippen LogP contribution in [0, 0.1) is 11.6 Å². The van der Waals surface area contributed by atoms with Gasteiger partial charge in [0.2, 0.25) is 0 Å². The Hall–Kier alpha value is -0.650. The Labute approximate surface area is 98.6 Å². The zero-order valence-corrected chi connectivity index (χ0v) is 9.99. The van der Waals surface area contributed by atoms with Crippen LogP contribution in [0.15, 0.2) is 18.2 Å². The molecule has 0 radical (unpaired) electrons. The lowest BCUT2D eigenvalue weighted by Gasteiger charge is -2.15. The quantitative estimate of drug-likeness (QED) is 0.596. The fourth-order valence-corrected chi connectivity index (χ4v) is 2.11. The number of hydrogen-bond acceptors (Lipinski definition) is 3. The molecule has 0 aromatic heterocycles. The van der Waals surface area contributed by atoms with Gasteiger partial charge >= 0.3 is 0 Å². The summed E-state index contributed by atoms with van der Waals surface area (Å²) in [6.07, 6.45) is 0.598. The molecular formula is C11H16F2N2S. The van der Waals surface area contributed by atoms with Gasteiger partial charge in [0.1, 0.15) is 0 Å². The summed E-state index contributed by atoms with van der Waals surface area (Å²) in [5.74, 6) is 5.64. The molecule has 0 aliphatic rings. The zero-order valence-electron chi connectivity index (χ0n) is 9.17. The summed E-state index contributed by atoms with van der Waals surface area (Å²) in [5.41, 5.74) is 3.43. The van der Waals surface area contributed by atoms with Crippen LogP contribution in [-0.4, -0.2) is 17.5 Å². The van der Waals surface area contributed by atoms with Crippen LogP contribution in [-0.2, 0) is 6.42 Å². The summed E-state index contributed by atoms with van der Waals surface area (Å²) in [5, 5.41) is 0. The lowest BCUT2D eigenvalue weighted by molar-refractivity contribution is 0.504. The molecule has 0 fully saturated rings. The highest BCUT2D eigenvalue weighted by molar-refractivity contribution is 7.99. The average Bonchev–Trinajstić information content (AvgIpc) is 2.29. The molecule has 1 unspecified atom stereocenters. The summed E-state index contributed by atoms with van der Waals surface area (Å²) in [6.45, 7) is 2.07. The van der Waals surface area contributed by atoms with Crippen molar-refractivity contribution in [3.05, 3.63) is 35.4 Å². The lowest BCUT2D eigenvalue weighted by Crippen LogP contribution is -2.38. The molecule has 0 bridgehead atoms. The van der Waals surface area contributed by atoms with Crippen molar-refractivity contribution in [2.75, 3.05) is 11.5 Å². The number of rotatable bonds is 6. The van der Waals surface area contributed by atoms with Crippen molar-refractivity contribution in [3.63, 3.8) is 0 Å². The number of hydrazine groups is 1. The highest BCUT2D eigenvalue weighted by Crippen LogP contribution is 2.12. The maximum Gasteiger partial charge on any atom is 0.159 e. The fourth-order valence-electron chi connectivity index (χ4n) is 1.38. The van der Waals surface area contributed by atoms with Crippen LogP contribution in [0.3, 0.4) is 0 Å². The molecule has 0 amide bonds. The van der Waals surface area contributed by atoms with E-state index in [1.807, 2.05) is 0 Å². The van der Waals surface area contributed by atoms with Gasteiger partial charge in [-0.1, -0.05) is 13.0 Å². The lowest BCUT2D eigenvalue weighted by atomic mass is 10.1. The van der Waals surface area contributed by atoms with Crippen LogP contribution >= 0.6 is 11.8 Å². The largest absolute Gasteiger partial charge is 0.271 e. The maximum atomic E-state index is 13.0. The minimum absolute atomic E-state index is 0.0785. The van der Waals surface area contributed by atoms with Crippen molar-refractivity contribution in [1.29, 1.82) is 0 Å². The number of benzene rings is 1. The average molecular weight is 246 g/mol. The Morgan fingerprint density at radius 1 is 1.38 bits per heavy atom. The van der Waals surface area contributed by atoms with Crippen molar-refractivity contribution >= 4 is 11.8 Å². The van der Waals surface area contributed by atoms with Crippen molar-refractivity contribution < 1.29 is 8.78 Å². The zero-order chi connectivity index (χ0) is 12.0. The normalized spacial score (nSPS) is 12.8. The van der Waals surface area contributed by atoms with E-state index < -0.39 is 11.6 Å². The smallest absolute Gasteiger partial charge is 0.159 e. The van der Waals surface area contributed by atoms with Crippen LogP contribution in [0.1, 0.15) is 12.5 Å². The van der Waals surface area contributed by atoms with Crippen molar-refractivity contribution in [2.24, 2.45) is 5.84 Å². The summed E-state index contributed by atoms with van der Waals surface area (Å²) >= 11 is 1.76. The van der Waals surface area contributed by atoms with E-state index in [1.165, 1.54) is 6.07 Å². The highest BCUT2D eigenvalue weighted by Gasteiger charge is 2.09. The van der Waals surface area contributed by atoms with Gasteiger partial charge in [-0.2, -0.15) is 11.8 Å². The van der Waals surface area contributed by atoms with Gasteiger partial charge in [0.25, 0.3) is 0 Å². The second-order valence-electron chi connectivity index (χ2n) is 3.48. The van der Waals surface area contributed by atoms with Gasteiger partial charge in [-0.05, 0) is 29.9 Å². The Morgan fingerprint density at radius 2 is 2.12 bits per heavy atom. The highest BCUT2D eigenvalue weighted by atomic mass is 32.2. The minimum atomic E-state index is -0.816. The molecule has 90 valence electrons. The third-order valence-corrected chi connectivity index (χ3v) is 3.27. The van der Waals surface area contributed by atoms with Gasteiger partial charge in [0.05, 0.1) is 0 Å². The molecule has 2 nitrogen and oxygen atoms in total. The Morgan fingerprint density at radius 3 is 2.69 bits per heavy atom. The molecule has 3 N–H and O–H groups in total. The molecule has 1 aromatic rings. The standard InChI is InChI=1S/C11H16F2N2S/c1-2-16-7-9(15-14)5-8-3-4-10(12)11(13)6-8/h3-4,6,9,15H,2,5,7,14H2,1H3. The van der Waals surface area contributed by atoms with Crippen LogP contribution in [0.2, 0.25) is 0 Å². The van der Waals surface area contributed by atoms with Crippen molar-refractivity contribution in [1.82, 2.24) is 5.43 Å². The number of hydrogen-bond donors (Lipinski definition) is 2. The van der Waals surface area contributed by atoms with E-state index in [0.29, 0.717) is 6.42 Å². The molecular weight excluding hydrogens is 230 g/mol. The summed E-state index contributed by atoms with van der Waals surface area (Å²) < 4.78 is 25.7. The molecule has 1 aromatic carbocycles. The van der Waals surface area contributed by atoms with Gasteiger partial charge < -0.3 is 0 Å². The fraction of sp³-hybridized carbons (Fsp3) is 0.455. The van der Waals surface area contributed by atoms with E-state index in [-0.39, 0.29) is 6.04 Å². The van der Waals surface area contributed by atoms with E-state index in [0.717, 1.165) is 23.1 Å². The molecule has 0 aliphatic carbocycles. The van der Waals surface area contributed by atoms with Gasteiger partial charge in [-0.15, -0.1) is 0 Å². The maximum absolute atomic E-state index is 13.0. The molecule has 1 rings (SSSR count). The van der Waals surface area contributed by atoms with Crippen LogP contribution in [0.25, 0.3) is 0 Å². The number of nitrogens with one attached hydrogen (secondary N) is 1. The number of thioether (sulfide) groups is 1. The molecule has 1 atom stereocenters. The predicted molar refractivity (Wildman–Crippen MR) is 64.2 cm³/mol. The summed E-state index contributed by atoms with van der Waals surface area (Å²) in [6, 6.07) is 4.02. The van der Waals surface area contributed by atoms with Gasteiger partial charge in [-0.3, -0.25) is 11.3 Å².